The number of benzene rings is 5. The number of ether oxygens (including phenoxy) is 2. The summed E-state index contributed by atoms with van der Waals surface area (Å²) < 4.78 is 72.5. The summed E-state index contributed by atoms with van der Waals surface area (Å²) in [4.78, 5) is 2.68. The van der Waals surface area contributed by atoms with Gasteiger partial charge < -0.3 is 37.7 Å². The van der Waals surface area contributed by atoms with Crippen LogP contribution in [0.3, 0.4) is 0 Å². The van der Waals surface area contributed by atoms with Crippen molar-refractivity contribution in [1.82, 2.24) is 10.2 Å². The maximum Gasteiger partial charge on any atom is 0.420 e. The van der Waals surface area contributed by atoms with Crippen molar-refractivity contribution in [3.05, 3.63) is 137 Å². The number of anilines is 2. The molecule has 0 bridgehead atoms. The van der Waals surface area contributed by atoms with Crippen LogP contribution in [-0.4, -0.2) is 58.8 Å². The molecule has 1 saturated heterocycles. The van der Waals surface area contributed by atoms with E-state index in [1.807, 2.05) is 32.0 Å². The molecule has 0 amide bonds. The van der Waals surface area contributed by atoms with Gasteiger partial charge in [-0.2, -0.15) is 13.2 Å². The minimum atomic E-state index is -4.56. The molecule has 14 heteroatoms. The lowest BCUT2D eigenvalue weighted by atomic mass is 10.1. The Balaban J connectivity index is 0.000000448. The zero-order chi connectivity index (χ0) is 42.0. The fraction of sp³-hybridized carbons (Fsp3) is 0.333. The minimum absolute atomic E-state index is 0. The quantitative estimate of drug-likeness (QED) is 0.0903. The number of rotatable bonds is 9. The molecule has 0 spiro atoms. The second kappa shape index (κ2) is 25.4. The molecule has 1 heterocycles. The monoisotopic (exact) mass is 840 g/mol. The largest absolute Gasteiger partial charge is 0.457 e. The molecular formula is C45H63F3N6O4S. The van der Waals surface area contributed by atoms with Gasteiger partial charge in [-0.3, -0.25) is 4.90 Å². The summed E-state index contributed by atoms with van der Waals surface area (Å²) >= 11 is 0. The molecule has 324 valence electrons. The zero-order valence-corrected chi connectivity index (χ0v) is 33.8. The first kappa shape index (κ1) is 51.9. The van der Waals surface area contributed by atoms with Gasteiger partial charge in [0, 0.05) is 63.4 Å². The molecular weight excluding hydrogens is 778 g/mol. The van der Waals surface area contributed by atoms with Gasteiger partial charge in [0.15, 0.2) is 9.84 Å². The highest BCUT2D eigenvalue weighted by molar-refractivity contribution is 7.90. The molecule has 5 aromatic rings. The molecule has 0 aliphatic carbocycles. The number of nitrogens with zero attached hydrogens (tertiary/aromatic N) is 1. The maximum atomic E-state index is 13.1. The van der Waals surface area contributed by atoms with E-state index in [0.717, 1.165) is 62.9 Å². The molecule has 1 aliphatic rings. The maximum absolute atomic E-state index is 13.1. The van der Waals surface area contributed by atoms with Crippen molar-refractivity contribution in [2.45, 2.75) is 59.7 Å². The fourth-order valence-corrected chi connectivity index (χ4v) is 6.04. The Kier molecular flexibility index (Phi) is 22.3. The molecule has 10 nitrogen and oxygen atoms in total. The number of hydrogen-bond acceptors (Lipinski definition) is 10. The smallest absolute Gasteiger partial charge is 0.420 e. The molecule has 5 aromatic carbocycles. The Morgan fingerprint density at radius 2 is 1.27 bits per heavy atom. The first-order valence-corrected chi connectivity index (χ1v) is 20.4. The predicted molar refractivity (Wildman–Crippen MR) is 238 cm³/mol. The number of sulfone groups is 1. The Labute approximate surface area is 349 Å². The van der Waals surface area contributed by atoms with E-state index < -0.39 is 21.6 Å². The highest BCUT2D eigenvalue weighted by atomic mass is 32.2. The van der Waals surface area contributed by atoms with Gasteiger partial charge in [0.05, 0.1) is 4.90 Å². The molecule has 0 radical (unpaired) electrons. The van der Waals surface area contributed by atoms with Gasteiger partial charge in [-0.25, -0.2) is 8.42 Å². The summed E-state index contributed by atoms with van der Waals surface area (Å²) in [6.07, 6.45) is -2.30. The van der Waals surface area contributed by atoms with Crippen LogP contribution >= 0.6 is 0 Å². The molecule has 9 N–H and O–H groups in total. The Morgan fingerprint density at radius 3 is 1.78 bits per heavy atom. The van der Waals surface area contributed by atoms with E-state index in [-0.39, 0.29) is 32.0 Å². The highest BCUT2D eigenvalue weighted by Gasteiger charge is 2.34. The number of nitrogen functional groups attached to an aromatic ring is 2. The number of hydrogen-bond donors (Lipinski definition) is 5. The molecule has 59 heavy (non-hydrogen) atoms. The summed E-state index contributed by atoms with van der Waals surface area (Å²) in [6, 6.07) is 30.1. The van der Waals surface area contributed by atoms with Crippen LogP contribution < -0.4 is 37.7 Å². The molecule has 0 atom stereocenters. The molecule has 0 unspecified atom stereocenters. The van der Waals surface area contributed by atoms with Gasteiger partial charge >= 0.3 is 6.18 Å². The Morgan fingerprint density at radius 1 is 0.729 bits per heavy atom. The SMILES string of the molecule is C.C.CCc1cccc(CN)c1.CS(=O)(=O)c1ccc(N)cc1.Cc1ccc(Oc2ccc(Oc3ccc(N)cc3C(F)(F)F)cc2)c(C)c1.NCCN1CCNCC1. The van der Waals surface area contributed by atoms with E-state index in [9.17, 15) is 21.6 Å². The number of piperazine rings is 1. The van der Waals surface area contributed by atoms with Crippen molar-refractivity contribution in [1.29, 1.82) is 0 Å². The average molecular weight is 841 g/mol. The van der Waals surface area contributed by atoms with E-state index in [0.29, 0.717) is 28.6 Å². The van der Waals surface area contributed by atoms with Gasteiger partial charge in [0.1, 0.15) is 28.6 Å². The number of halogens is 3. The summed E-state index contributed by atoms with van der Waals surface area (Å²) in [5.74, 6) is 1.23. The predicted octanol–water partition coefficient (Wildman–Crippen LogP) is 8.99. The second-order valence-electron chi connectivity index (χ2n) is 13.3. The van der Waals surface area contributed by atoms with Crippen molar-refractivity contribution in [2.24, 2.45) is 11.5 Å². The number of nitrogens with two attached hydrogens (primary N) is 4. The summed E-state index contributed by atoms with van der Waals surface area (Å²) in [7, 11) is -3.08. The van der Waals surface area contributed by atoms with Crippen molar-refractivity contribution in [3.8, 4) is 23.0 Å². The van der Waals surface area contributed by atoms with Crippen LogP contribution in [0.5, 0.6) is 23.0 Å². The summed E-state index contributed by atoms with van der Waals surface area (Å²) in [5, 5.41) is 3.29. The molecule has 1 aliphatic heterocycles. The van der Waals surface area contributed by atoms with Crippen LogP contribution in [0.2, 0.25) is 0 Å². The summed E-state index contributed by atoms with van der Waals surface area (Å²) in [6.45, 7) is 13.2. The van der Waals surface area contributed by atoms with Gasteiger partial charge in [0.25, 0.3) is 0 Å². The number of nitrogens with one attached hydrogen (secondary N) is 1. The van der Waals surface area contributed by atoms with Crippen LogP contribution in [0, 0.1) is 13.8 Å². The zero-order valence-electron chi connectivity index (χ0n) is 33.0. The number of aryl methyl sites for hydroxylation is 3. The van der Waals surface area contributed by atoms with Crippen LogP contribution in [0.1, 0.15) is 49.6 Å². The lowest BCUT2D eigenvalue weighted by molar-refractivity contribution is -0.138. The lowest BCUT2D eigenvalue weighted by Crippen LogP contribution is -2.45. The van der Waals surface area contributed by atoms with E-state index in [1.165, 1.54) is 41.6 Å². The van der Waals surface area contributed by atoms with Crippen molar-refractivity contribution in [2.75, 3.05) is 57.0 Å². The van der Waals surface area contributed by atoms with Gasteiger partial charge in [-0.05, 0) is 110 Å². The van der Waals surface area contributed by atoms with E-state index in [2.05, 4.69) is 41.4 Å². The third kappa shape index (κ3) is 18.6. The van der Waals surface area contributed by atoms with Crippen LogP contribution in [0.4, 0.5) is 24.5 Å². The molecule has 0 aromatic heterocycles. The molecule has 1 fully saturated rings. The summed E-state index contributed by atoms with van der Waals surface area (Å²) in [5.41, 5.74) is 26.1. The van der Waals surface area contributed by atoms with Crippen LogP contribution in [-0.2, 0) is 29.0 Å². The number of alkyl halides is 3. The topological polar surface area (TPSA) is 172 Å². The van der Waals surface area contributed by atoms with Gasteiger partial charge in [0.2, 0.25) is 0 Å². The van der Waals surface area contributed by atoms with E-state index in [1.54, 1.807) is 36.4 Å². The highest BCUT2D eigenvalue weighted by Crippen LogP contribution is 2.39. The Bertz CT molecular complexity index is 2050. The molecule has 6 rings (SSSR count). The van der Waals surface area contributed by atoms with Gasteiger partial charge in [-0.1, -0.05) is 63.7 Å². The first-order valence-electron chi connectivity index (χ1n) is 18.5. The van der Waals surface area contributed by atoms with E-state index in [4.69, 9.17) is 32.4 Å². The van der Waals surface area contributed by atoms with Crippen LogP contribution in [0.15, 0.2) is 114 Å². The third-order valence-electron chi connectivity index (χ3n) is 8.52. The van der Waals surface area contributed by atoms with Crippen molar-refractivity contribution >= 4 is 21.2 Å². The van der Waals surface area contributed by atoms with Gasteiger partial charge in [-0.15, -0.1) is 0 Å². The average Bonchev–Trinajstić information content (AvgIpc) is 3.18. The van der Waals surface area contributed by atoms with Crippen molar-refractivity contribution in [3.63, 3.8) is 0 Å². The van der Waals surface area contributed by atoms with Crippen molar-refractivity contribution < 1.29 is 31.1 Å². The Hall–Kier alpha value is -5.12. The standard InChI is InChI=1S/C21H18F3NO2.C9H13N.C7H9NO2S.C6H15N3.2CH4/c1-13-3-9-19(14(2)11-13)26-16-5-7-17(8-6-16)27-20-10-4-15(25)12-18(20)21(22,23)24;1-2-8-4-3-5-9(6-8)7-10;1-11(9,10)7-4-2-6(8)3-5-7;7-1-4-9-5-2-8-3-6-9;;/h3-12H,25H2,1-2H3;3-6H,2,7,10H2,1H3;2-5H,8H2,1H3;8H,1-7H2;2*1H4. The lowest BCUT2D eigenvalue weighted by Gasteiger charge is -2.26. The normalized spacial score (nSPS) is 12.4. The molecule has 0 saturated carbocycles. The third-order valence-corrected chi connectivity index (χ3v) is 9.65. The second-order valence-corrected chi connectivity index (χ2v) is 15.3. The van der Waals surface area contributed by atoms with E-state index >= 15 is 0 Å². The fourth-order valence-electron chi connectivity index (χ4n) is 5.41. The van der Waals surface area contributed by atoms with Crippen LogP contribution in [0.25, 0.3) is 0 Å². The minimum Gasteiger partial charge on any atom is -0.457 e. The first-order chi connectivity index (χ1) is 27.0.